The van der Waals surface area contributed by atoms with Crippen molar-refractivity contribution < 1.29 is 24.5 Å². The van der Waals surface area contributed by atoms with Gasteiger partial charge in [0.15, 0.2) is 0 Å². The zero-order valence-electron chi connectivity index (χ0n) is 11.8. The van der Waals surface area contributed by atoms with E-state index in [9.17, 15) is 19.8 Å². The van der Waals surface area contributed by atoms with Crippen LogP contribution in [0.25, 0.3) is 0 Å². The van der Waals surface area contributed by atoms with Gasteiger partial charge in [-0.1, -0.05) is 18.2 Å². The molecule has 0 radical (unpaired) electrons. The number of carbonyl (C=O) groups excluding carboxylic acids is 1. The summed E-state index contributed by atoms with van der Waals surface area (Å²) in [6.07, 6.45) is 0. The van der Waals surface area contributed by atoms with Crippen LogP contribution in [0.5, 0.6) is 5.75 Å². The minimum Gasteiger partial charge on any atom is -0.507 e. The summed E-state index contributed by atoms with van der Waals surface area (Å²) in [7, 11) is 1.23. The molecular weight excluding hydrogens is 304 g/mol. The minimum atomic E-state index is -1.29. The van der Waals surface area contributed by atoms with Crippen LogP contribution in [0, 0.1) is 0 Å². The first kappa shape index (κ1) is 15.9. The van der Waals surface area contributed by atoms with E-state index >= 15 is 0 Å². The fourth-order valence-electron chi connectivity index (χ4n) is 2.00. The SMILES string of the molecule is COC(=O)c1ccc(O)c(C(=O)O)c1CSc1ccccc1. The molecule has 2 aromatic rings. The van der Waals surface area contributed by atoms with Gasteiger partial charge in [-0.05, 0) is 29.8 Å². The Hall–Kier alpha value is -2.47. The van der Waals surface area contributed by atoms with Crippen LogP contribution in [0.3, 0.4) is 0 Å². The number of methoxy groups -OCH3 is 1. The first-order valence-corrected chi connectivity index (χ1v) is 7.37. The average molecular weight is 318 g/mol. The molecule has 114 valence electrons. The number of carbonyl (C=O) groups is 2. The normalized spacial score (nSPS) is 10.2. The van der Waals surface area contributed by atoms with E-state index in [2.05, 4.69) is 4.74 Å². The van der Waals surface area contributed by atoms with Gasteiger partial charge in [0.2, 0.25) is 0 Å². The van der Waals surface area contributed by atoms with Crippen LogP contribution in [0.4, 0.5) is 0 Å². The number of aromatic hydroxyl groups is 1. The highest BCUT2D eigenvalue weighted by molar-refractivity contribution is 7.98. The fourth-order valence-corrected chi connectivity index (χ4v) is 2.96. The standard InChI is InChI=1S/C16H14O5S/c1-21-16(20)11-7-8-13(17)14(15(18)19)12(11)9-22-10-5-3-2-4-6-10/h2-8,17H,9H2,1H3,(H,18,19). The van der Waals surface area contributed by atoms with Gasteiger partial charge in [-0.25, -0.2) is 9.59 Å². The fraction of sp³-hybridized carbons (Fsp3) is 0.125. The van der Waals surface area contributed by atoms with Gasteiger partial charge in [-0.2, -0.15) is 0 Å². The van der Waals surface area contributed by atoms with Gasteiger partial charge in [0, 0.05) is 10.6 Å². The molecule has 2 rings (SSSR count). The Labute approximate surface area is 131 Å². The molecule has 22 heavy (non-hydrogen) atoms. The number of aromatic carboxylic acids is 1. The maximum absolute atomic E-state index is 11.8. The van der Waals surface area contributed by atoms with Crippen LogP contribution in [0.1, 0.15) is 26.3 Å². The van der Waals surface area contributed by atoms with Gasteiger partial charge < -0.3 is 14.9 Å². The van der Waals surface area contributed by atoms with E-state index in [1.807, 2.05) is 30.3 Å². The molecule has 0 unspecified atom stereocenters. The van der Waals surface area contributed by atoms with Crippen LogP contribution in [0.15, 0.2) is 47.4 Å². The van der Waals surface area contributed by atoms with Gasteiger partial charge in [-0.3, -0.25) is 0 Å². The zero-order valence-corrected chi connectivity index (χ0v) is 12.6. The molecule has 5 nitrogen and oxygen atoms in total. The number of hydrogen-bond donors (Lipinski definition) is 2. The molecule has 0 fully saturated rings. The number of carboxylic acid groups (broad SMARTS) is 1. The summed E-state index contributed by atoms with van der Waals surface area (Å²) in [5.41, 5.74) is 0.112. The maximum Gasteiger partial charge on any atom is 0.339 e. The van der Waals surface area contributed by atoms with E-state index < -0.39 is 11.9 Å². The lowest BCUT2D eigenvalue weighted by Crippen LogP contribution is -2.11. The Kier molecular flexibility index (Phi) is 5.06. The number of hydrogen-bond acceptors (Lipinski definition) is 5. The third-order valence-corrected chi connectivity index (χ3v) is 4.07. The summed E-state index contributed by atoms with van der Waals surface area (Å²) in [6, 6.07) is 11.9. The molecule has 0 atom stereocenters. The number of ether oxygens (including phenoxy) is 1. The number of rotatable bonds is 5. The van der Waals surface area contributed by atoms with E-state index in [1.54, 1.807) is 0 Å². The predicted octanol–water partition coefficient (Wildman–Crippen LogP) is 3.17. The van der Waals surface area contributed by atoms with Crippen molar-refractivity contribution in [2.75, 3.05) is 7.11 Å². The summed E-state index contributed by atoms with van der Waals surface area (Å²) in [5, 5.41) is 19.1. The molecule has 0 aliphatic heterocycles. The van der Waals surface area contributed by atoms with Gasteiger partial charge in [0.25, 0.3) is 0 Å². The van der Waals surface area contributed by atoms with Crippen LogP contribution in [0.2, 0.25) is 0 Å². The van der Waals surface area contributed by atoms with E-state index in [0.29, 0.717) is 0 Å². The Morgan fingerprint density at radius 1 is 1.14 bits per heavy atom. The Bertz CT molecular complexity index is 697. The highest BCUT2D eigenvalue weighted by atomic mass is 32.2. The first-order chi connectivity index (χ1) is 10.5. The van der Waals surface area contributed by atoms with E-state index in [1.165, 1.54) is 31.0 Å². The van der Waals surface area contributed by atoms with Crippen molar-refractivity contribution in [3.8, 4) is 5.75 Å². The number of benzene rings is 2. The van der Waals surface area contributed by atoms with Crippen molar-refractivity contribution in [1.29, 1.82) is 0 Å². The molecule has 6 heteroatoms. The van der Waals surface area contributed by atoms with Crippen LogP contribution in [-0.2, 0) is 10.5 Å². The van der Waals surface area contributed by atoms with Gasteiger partial charge in [0.1, 0.15) is 11.3 Å². The molecule has 0 bridgehead atoms. The number of esters is 1. The maximum atomic E-state index is 11.8. The molecule has 0 spiro atoms. The summed E-state index contributed by atoms with van der Waals surface area (Å²) in [6.45, 7) is 0. The molecule has 0 heterocycles. The molecule has 0 saturated heterocycles. The van der Waals surface area contributed by atoms with Crippen LogP contribution >= 0.6 is 11.8 Å². The first-order valence-electron chi connectivity index (χ1n) is 6.39. The molecule has 0 aromatic heterocycles. The molecule has 2 aromatic carbocycles. The van der Waals surface area contributed by atoms with Crippen molar-refractivity contribution in [3.05, 3.63) is 59.2 Å². The van der Waals surface area contributed by atoms with Crippen molar-refractivity contribution in [1.82, 2.24) is 0 Å². The van der Waals surface area contributed by atoms with E-state index in [0.717, 1.165) is 4.90 Å². The van der Waals surface area contributed by atoms with Crippen molar-refractivity contribution in [3.63, 3.8) is 0 Å². The second-order valence-electron chi connectivity index (χ2n) is 4.38. The monoisotopic (exact) mass is 318 g/mol. The number of carboxylic acids is 1. The molecule has 0 aliphatic carbocycles. The molecule has 0 aliphatic rings. The van der Waals surface area contributed by atoms with E-state index in [4.69, 9.17) is 0 Å². The Morgan fingerprint density at radius 3 is 2.41 bits per heavy atom. The average Bonchev–Trinajstić information content (AvgIpc) is 2.52. The molecule has 0 amide bonds. The van der Waals surface area contributed by atoms with Crippen LogP contribution in [-0.4, -0.2) is 29.3 Å². The third-order valence-electron chi connectivity index (χ3n) is 3.04. The van der Waals surface area contributed by atoms with Crippen molar-refractivity contribution >= 4 is 23.7 Å². The predicted molar refractivity (Wildman–Crippen MR) is 82.4 cm³/mol. The molecule has 0 saturated carbocycles. The lowest BCUT2D eigenvalue weighted by atomic mass is 10.0. The number of thioether (sulfide) groups is 1. The van der Waals surface area contributed by atoms with Crippen molar-refractivity contribution in [2.45, 2.75) is 10.6 Å². The second kappa shape index (κ2) is 7.00. The van der Waals surface area contributed by atoms with Crippen molar-refractivity contribution in [2.24, 2.45) is 0 Å². The third kappa shape index (κ3) is 3.40. The van der Waals surface area contributed by atoms with E-state index in [-0.39, 0.29) is 28.2 Å². The Balaban J connectivity index is 2.43. The van der Waals surface area contributed by atoms with Gasteiger partial charge in [-0.15, -0.1) is 11.8 Å². The molecule has 2 N–H and O–H groups in total. The smallest absolute Gasteiger partial charge is 0.339 e. The molecular formula is C16H14O5S. The zero-order chi connectivity index (χ0) is 16.1. The summed E-state index contributed by atoms with van der Waals surface area (Å²) in [4.78, 5) is 24.2. The second-order valence-corrected chi connectivity index (χ2v) is 5.43. The minimum absolute atomic E-state index is 0.140. The highest BCUT2D eigenvalue weighted by Crippen LogP contribution is 2.31. The van der Waals surface area contributed by atoms with Crippen LogP contribution < -0.4 is 0 Å². The van der Waals surface area contributed by atoms with Gasteiger partial charge >= 0.3 is 11.9 Å². The summed E-state index contributed by atoms with van der Waals surface area (Å²) < 4.78 is 4.68. The summed E-state index contributed by atoms with van der Waals surface area (Å²) in [5.74, 6) is -2.06. The summed E-state index contributed by atoms with van der Waals surface area (Å²) >= 11 is 1.37. The topological polar surface area (TPSA) is 83.8 Å². The van der Waals surface area contributed by atoms with Gasteiger partial charge in [0.05, 0.1) is 12.7 Å². The quantitative estimate of drug-likeness (QED) is 0.651. The largest absolute Gasteiger partial charge is 0.507 e. The highest BCUT2D eigenvalue weighted by Gasteiger charge is 2.23. The Morgan fingerprint density at radius 2 is 1.82 bits per heavy atom. The number of phenols is 1. The lowest BCUT2D eigenvalue weighted by Gasteiger charge is -2.12. The lowest BCUT2D eigenvalue weighted by molar-refractivity contribution is 0.0600.